The van der Waals surface area contributed by atoms with E-state index in [2.05, 4.69) is 20.6 Å². The second-order valence-electron chi connectivity index (χ2n) is 8.06. The number of piperidine rings is 1. The van der Waals surface area contributed by atoms with Gasteiger partial charge in [0.1, 0.15) is 17.6 Å². The van der Waals surface area contributed by atoms with E-state index in [-0.39, 0.29) is 24.1 Å². The topological polar surface area (TPSA) is 109 Å². The van der Waals surface area contributed by atoms with E-state index in [1.807, 2.05) is 11.8 Å². The highest BCUT2D eigenvalue weighted by atomic mass is 32.1. The largest absolute Gasteiger partial charge is 0.356 e. The summed E-state index contributed by atoms with van der Waals surface area (Å²) in [5.41, 5.74) is -0.0362. The van der Waals surface area contributed by atoms with E-state index in [1.54, 1.807) is 0 Å². The first-order valence-electron chi connectivity index (χ1n) is 11.0. The van der Waals surface area contributed by atoms with Crippen molar-refractivity contribution in [3.05, 3.63) is 46.5 Å². The van der Waals surface area contributed by atoms with Crippen molar-refractivity contribution in [2.24, 2.45) is 5.92 Å². The Labute approximate surface area is 197 Å². The van der Waals surface area contributed by atoms with Crippen LogP contribution in [0.15, 0.2) is 29.3 Å². The Kier molecular flexibility index (Phi) is 7.15. The summed E-state index contributed by atoms with van der Waals surface area (Å²) in [6.07, 6.45) is 3.54. The van der Waals surface area contributed by atoms with Gasteiger partial charge in [0, 0.05) is 37.3 Å². The highest BCUT2D eigenvalue weighted by Gasteiger charge is 2.26. The van der Waals surface area contributed by atoms with Crippen LogP contribution in [0.1, 0.15) is 26.2 Å². The minimum absolute atomic E-state index is 0.0272. The summed E-state index contributed by atoms with van der Waals surface area (Å²) in [6.45, 7) is 3.64. The molecule has 180 valence electrons. The Hall–Kier alpha value is -3.41. The van der Waals surface area contributed by atoms with Crippen molar-refractivity contribution >= 4 is 44.3 Å². The zero-order chi connectivity index (χ0) is 24.2. The van der Waals surface area contributed by atoms with Gasteiger partial charge in [-0.2, -0.15) is 4.98 Å². The molecule has 9 nitrogen and oxygen atoms in total. The fourth-order valence-corrected chi connectivity index (χ4v) is 4.76. The van der Waals surface area contributed by atoms with Crippen molar-refractivity contribution in [3.8, 4) is 0 Å². The molecular formula is C22H24F2N6O3S. The zero-order valence-electron chi connectivity index (χ0n) is 18.5. The summed E-state index contributed by atoms with van der Waals surface area (Å²) in [6, 6.07) is 3.00. The molecule has 0 atom stereocenters. The van der Waals surface area contributed by atoms with Crippen molar-refractivity contribution < 1.29 is 18.4 Å². The standard InChI is InChI=1S/C22H24F2N6O3S/c1-2-7-25-20(32)13-5-8-29(9-6-13)22-28-19-18(34-22)21(33)30(12-26-19)11-17(31)27-14-3-4-15(23)16(24)10-14/h3-4,10,12-13H,2,5-9,11H2,1H3,(H,25,32)(H,27,31). The predicted octanol–water partition coefficient (Wildman–Crippen LogP) is 2.51. The number of anilines is 2. The zero-order valence-corrected chi connectivity index (χ0v) is 19.3. The Morgan fingerprint density at radius 2 is 1.97 bits per heavy atom. The van der Waals surface area contributed by atoms with Crippen LogP contribution in [0.2, 0.25) is 0 Å². The Balaban J connectivity index is 1.42. The molecule has 3 heterocycles. The number of nitrogens with one attached hydrogen (secondary N) is 2. The van der Waals surface area contributed by atoms with Crippen LogP contribution in [0, 0.1) is 17.6 Å². The normalized spacial score (nSPS) is 14.4. The molecule has 1 fully saturated rings. The van der Waals surface area contributed by atoms with E-state index in [0.717, 1.165) is 23.1 Å². The first-order chi connectivity index (χ1) is 16.4. The molecule has 2 amide bonds. The second-order valence-corrected chi connectivity index (χ2v) is 9.03. The van der Waals surface area contributed by atoms with Crippen LogP contribution in [0.3, 0.4) is 0 Å². The number of amides is 2. The minimum Gasteiger partial charge on any atom is -0.356 e. The molecule has 34 heavy (non-hydrogen) atoms. The van der Waals surface area contributed by atoms with Gasteiger partial charge in [0.15, 0.2) is 22.4 Å². The van der Waals surface area contributed by atoms with Gasteiger partial charge in [0.05, 0.1) is 0 Å². The van der Waals surface area contributed by atoms with Gasteiger partial charge in [0.25, 0.3) is 5.56 Å². The molecule has 0 aliphatic carbocycles. The summed E-state index contributed by atoms with van der Waals surface area (Å²) in [5.74, 6) is -2.63. The number of carbonyl (C=O) groups is 2. The molecule has 2 N–H and O–H groups in total. The maximum absolute atomic E-state index is 13.3. The summed E-state index contributed by atoms with van der Waals surface area (Å²) in [7, 11) is 0. The lowest BCUT2D eigenvalue weighted by molar-refractivity contribution is -0.125. The molecule has 0 bridgehead atoms. The molecule has 12 heteroatoms. The van der Waals surface area contributed by atoms with E-state index in [0.29, 0.717) is 48.0 Å². The van der Waals surface area contributed by atoms with Gasteiger partial charge in [-0.25, -0.2) is 13.8 Å². The molecule has 1 aliphatic rings. The van der Waals surface area contributed by atoms with Gasteiger partial charge in [0.2, 0.25) is 11.8 Å². The lowest BCUT2D eigenvalue weighted by Crippen LogP contribution is -2.40. The van der Waals surface area contributed by atoms with Crippen molar-refractivity contribution in [1.29, 1.82) is 0 Å². The molecular weight excluding hydrogens is 466 g/mol. The quantitative estimate of drug-likeness (QED) is 0.527. The number of hydrogen-bond donors (Lipinski definition) is 2. The van der Waals surface area contributed by atoms with Gasteiger partial charge in [-0.15, -0.1) is 0 Å². The first kappa shape index (κ1) is 23.7. The Morgan fingerprint density at radius 1 is 1.21 bits per heavy atom. The lowest BCUT2D eigenvalue weighted by Gasteiger charge is -2.30. The predicted molar refractivity (Wildman–Crippen MR) is 125 cm³/mol. The summed E-state index contributed by atoms with van der Waals surface area (Å²) >= 11 is 1.20. The highest BCUT2D eigenvalue weighted by molar-refractivity contribution is 7.22. The average molecular weight is 491 g/mol. The maximum Gasteiger partial charge on any atom is 0.273 e. The summed E-state index contributed by atoms with van der Waals surface area (Å²) in [4.78, 5) is 48.1. The molecule has 1 aromatic carbocycles. The second kappa shape index (κ2) is 10.2. The van der Waals surface area contributed by atoms with E-state index in [4.69, 9.17) is 0 Å². The third kappa shape index (κ3) is 5.22. The number of thiazole rings is 1. The van der Waals surface area contributed by atoms with Gasteiger partial charge < -0.3 is 15.5 Å². The van der Waals surface area contributed by atoms with Crippen molar-refractivity contribution in [3.63, 3.8) is 0 Å². The number of carbonyl (C=O) groups excluding carboxylic acids is 2. The SMILES string of the molecule is CCCNC(=O)C1CCN(c2nc3ncn(CC(=O)Nc4ccc(F)c(F)c4)c(=O)c3s2)CC1. The van der Waals surface area contributed by atoms with E-state index in [1.165, 1.54) is 23.7 Å². The van der Waals surface area contributed by atoms with Crippen LogP contribution < -0.4 is 21.1 Å². The number of nitrogens with zero attached hydrogens (tertiary/aromatic N) is 4. The van der Waals surface area contributed by atoms with Gasteiger partial charge >= 0.3 is 0 Å². The van der Waals surface area contributed by atoms with Gasteiger partial charge in [-0.3, -0.25) is 19.0 Å². The monoisotopic (exact) mass is 490 g/mol. The maximum atomic E-state index is 13.3. The van der Waals surface area contributed by atoms with Crippen LogP contribution in [0.5, 0.6) is 0 Å². The third-order valence-corrected chi connectivity index (χ3v) is 6.67. The molecule has 4 rings (SSSR count). The van der Waals surface area contributed by atoms with Crippen LogP contribution >= 0.6 is 11.3 Å². The molecule has 0 saturated carbocycles. The minimum atomic E-state index is -1.08. The summed E-state index contributed by atoms with van der Waals surface area (Å²) < 4.78 is 27.9. The number of aromatic nitrogens is 3. The fraction of sp³-hybridized carbons (Fsp3) is 0.409. The smallest absolute Gasteiger partial charge is 0.273 e. The third-order valence-electron chi connectivity index (χ3n) is 5.58. The van der Waals surface area contributed by atoms with Crippen LogP contribution in [-0.4, -0.2) is 46.0 Å². The van der Waals surface area contributed by atoms with Crippen molar-refractivity contribution in [1.82, 2.24) is 19.9 Å². The van der Waals surface area contributed by atoms with Crippen LogP contribution in [0.4, 0.5) is 19.6 Å². The van der Waals surface area contributed by atoms with E-state index < -0.39 is 23.1 Å². The molecule has 2 aromatic heterocycles. The average Bonchev–Trinajstić information content (AvgIpc) is 3.27. The van der Waals surface area contributed by atoms with E-state index >= 15 is 0 Å². The van der Waals surface area contributed by atoms with E-state index in [9.17, 15) is 23.2 Å². The Morgan fingerprint density at radius 3 is 2.68 bits per heavy atom. The number of hydrogen-bond acceptors (Lipinski definition) is 7. The van der Waals surface area contributed by atoms with Crippen LogP contribution in [-0.2, 0) is 16.1 Å². The van der Waals surface area contributed by atoms with Crippen molar-refractivity contribution in [2.75, 3.05) is 29.9 Å². The van der Waals surface area contributed by atoms with Gasteiger partial charge in [-0.1, -0.05) is 18.3 Å². The molecule has 1 aliphatic heterocycles. The molecule has 0 spiro atoms. The van der Waals surface area contributed by atoms with Gasteiger partial charge in [-0.05, 0) is 31.4 Å². The fourth-order valence-electron chi connectivity index (χ4n) is 3.74. The first-order valence-corrected chi connectivity index (χ1v) is 11.8. The molecule has 1 saturated heterocycles. The highest BCUT2D eigenvalue weighted by Crippen LogP contribution is 2.29. The Bertz CT molecular complexity index is 1270. The molecule has 0 unspecified atom stereocenters. The number of fused-ring (bicyclic) bond motifs is 1. The number of halogens is 2. The lowest BCUT2D eigenvalue weighted by atomic mass is 9.96. The number of rotatable bonds is 7. The van der Waals surface area contributed by atoms with Crippen molar-refractivity contribution in [2.45, 2.75) is 32.7 Å². The molecule has 0 radical (unpaired) electrons. The molecule has 3 aromatic rings. The van der Waals surface area contributed by atoms with Crippen LogP contribution in [0.25, 0.3) is 10.3 Å². The number of benzene rings is 1. The summed E-state index contributed by atoms with van der Waals surface area (Å²) in [5, 5.41) is 6.01.